The second-order valence-corrected chi connectivity index (χ2v) is 10.4. The number of aryl methyl sites for hydroxylation is 1. The van der Waals surface area contributed by atoms with E-state index in [9.17, 15) is 4.79 Å². The van der Waals surface area contributed by atoms with E-state index in [2.05, 4.69) is 58.0 Å². The molecule has 4 nitrogen and oxygen atoms in total. The van der Waals surface area contributed by atoms with Gasteiger partial charge >= 0.3 is 0 Å². The standard InChI is InChI=1S/C30H32ClNO3/c1-20-7-14-25-24(17-20)30(4,22-10-12-23(31)13-11-22)19-29(2,3)32(25)28(33)16-9-21-8-15-26(34-5)27(18-21)35-6/h7-18H,19H2,1-6H3/b16-9+. The van der Waals surface area contributed by atoms with Crippen molar-refractivity contribution in [3.63, 3.8) is 0 Å². The second-order valence-electron chi connectivity index (χ2n) is 9.97. The lowest BCUT2D eigenvalue weighted by Gasteiger charge is -2.51. The van der Waals surface area contributed by atoms with Crippen LogP contribution in [0.1, 0.15) is 49.4 Å². The average molecular weight is 490 g/mol. The highest BCUT2D eigenvalue weighted by atomic mass is 35.5. The van der Waals surface area contributed by atoms with E-state index in [1.54, 1.807) is 20.3 Å². The van der Waals surface area contributed by atoms with Gasteiger partial charge in [0.1, 0.15) is 0 Å². The fraction of sp³-hybridized carbons (Fsp3) is 0.300. The van der Waals surface area contributed by atoms with Crippen LogP contribution in [0.5, 0.6) is 11.5 Å². The molecule has 3 aromatic rings. The van der Waals surface area contributed by atoms with E-state index in [-0.39, 0.29) is 11.3 Å². The van der Waals surface area contributed by atoms with Crippen molar-refractivity contribution in [1.82, 2.24) is 0 Å². The minimum absolute atomic E-state index is 0.0620. The fourth-order valence-corrected chi connectivity index (χ4v) is 5.47. The summed E-state index contributed by atoms with van der Waals surface area (Å²) in [6, 6.07) is 20.0. The SMILES string of the molecule is COc1ccc(/C=C/C(=O)N2c3ccc(C)cc3C(C)(c3ccc(Cl)cc3)CC2(C)C)cc1OC. The summed E-state index contributed by atoms with van der Waals surface area (Å²) in [5.74, 6) is 1.21. The number of hydrogen-bond donors (Lipinski definition) is 0. The van der Waals surface area contributed by atoms with Crippen LogP contribution in [-0.2, 0) is 10.2 Å². The van der Waals surface area contributed by atoms with Gasteiger partial charge in [-0.25, -0.2) is 0 Å². The Bertz CT molecular complexity index is 1280. The Hall–Kier alpha value is -3.24. The van der Waals surface area contributed by atoms with Gasteiger partial charge in [-0.15, -0.1) is 0 Å². The maximum absolute atomic E-state index is 13.7. The minimum atomic E-state index is -0.421. The number of amides is 1. The number of nitrogens with zero attached hydrogens (tertiary/aromatic N) is 1. The molecule has 1 amide bonds. The van der Waals surface area contributed by atoms with Gasteiger partial charge in [-0.2, -0.15) is 0 Å². The smallest absolute Gasteiger partial charge is 0.251 e. The Morgan fingerprint density at radius 3 is 2.29 bits per heavy atom. The van der Waals surface area contributed by atoms with E-state index >= 15 is 0 Å². The van der Waals surface area contributed by atoms with Gasteiger partial charge in [0.05, 0.1) is 14.2 Å². The maximum atomic E-state index is 13.7. The molecule has 0 saturated heterocycles. The van der Waals surface area contributed by atoms with Gasteiger partial charge in [-0.1, -0.05) is 54.4 Å². The first-order valence-corrected chi connectivity index (χ1v) is 12.1. The van der Waals surface area contributed by atoms with Crippen molar-refractivity contribution in [3.8, 4) is 11.5 Å². The Kier molecular flexibility index (Phi) is 6.70. The van der Waals surface area contributed by atoms with E-state index in [0.717, 1.165) is 28.8 Å². The van der Waals surface area contributed by atoms with Gasteiger partial charge in [0.15, 0.2) is 11.5 Å². The van der Waals surface area contributed by atoms with Crippen molar-refractivity contribution in [3.05, 3.63) is 94.0 Å². The molecule has 0 aliphatic carbocycles. The number of carbonyl (C=O) groups excluding carboxylic acids is 1. The van der Waals surface area contributed by atoms with E-state index < -0.39 is 5.54 Å². The first-order valence-electron chi connectivity index (χ1n) is 11.7. The Morgan fingerprint density at radius 1 is 0.943 bits per heavy atom. The van der Waals surface area contributed by atoms with Gasteiger partial charge in [-0.05, 0) is 80.3 Å². The molecule has 0 saturated carbocycles. The number of benzene rings is 3. The lowest BCUT2D eigenvalue weighted by molar-refractivity contribution is -0.115. The molecule has 5 heteroatoms. The zero-order valence-electron chi connectivity index (χ0n) is 21.2. The lowest BCUT2D eigenvalue weighted by atomic mass is 9.65. The number of rotatable bonds is 5. The molecule has 0 N–H and O–H groups in total. The summed E-state index contributed by atoms with van der Waals surface area (Å²) in [7, 11) is 3.20. The first kappa shape index (κ1) is 24.9. The molecule has 0 radical (unpaired) electrons. The Morgan fingerprint density at radius 2 is 1.63 bits per heavy atom. The van der Waals surface area contributed by atoms with Gasteiger partial charge in [-0.3, -0.25) is 4.79 Å². The van der Waals surface area contributed by atoms with Crippen molar-refractivity contribution in [2.75, 3.05) is 19.1 Å². The van der Waals surface area contributed by atoms with Crippen LogP contribution in [0.2, 0.25) is 5.02 Å². The number of fused-ring (bicyclic) bond motifs is 1. The summed E-state index contributed by atoms with van der Waals surface area (Å²) in [5, 5.41) is 0.717. The van der Waals surface area contributed by atoms with Gasteiger partial charge in [0.2, 0.25) is 0 Å². The number of anilines is 1. The van der Waals surface area contributed by atoms with E-state index in [1.165, 1.54) is 5.56 Å². The molecule has 4 rings (SSSR count). The molecule has 3 aromatic carbocycles. The molecule has 1 heterocycles. The van der Waals surface area contributed by atoms with Crippen LogP contribution in [0.25, 0.3) is 6.08 Å². The average Bonchev–Trinajstić information content (AvgIpc) is 2.82. The predicted molar refractivity (Wildman–Crippen MR) is 144 cm³/mol. The van der Waals surface area contributed by atoms with Crippen LogP contribution in [-0.4, -0.2) is 25.7 Å². The highest BCUT2D eigenvalue weighted by Crippen LogP contribution is 2.50. The first-order chi connectivity index (χ1) is 16.6. The molecule has 1 atom stereocenters. The molecular formula is C30H32ClNO3. The normalized spacial score (nSPS) is 18.9. The fourth-order valence-electron chi connectivity index (χ4n) is 5.34. The van der Waals surface area contributed by atoms with Gasteiger partial charge in [0, 0.05) is 27.7 Å². The molecule has 1 unspecified atom stereocenters. The summed E-state index contributed by atoms with van der Waals surface area (Å²) in [5.41, 5.74) is 4.61. The molecule has 1 aliphatic heterocycles. The number of halogens is 1. The van der Waals surface area contributed by atoms with E-state index in [4.69, 9.17) is 21.1 Å². The summed E-state index contributed by atoms with van der Waals surface area (Å²) in [4.78, 5) is 15.6. The molecule has 0 aromatic heterocycles. The summed E-state index contributed by atoms with van der Waals surface area (Å²) in [6.45, 7) is 8.61. The zero-order chi connectivity index (χ0) is 25.4. The lowest BCUT2D eigenvalue weighted by Crippen LogP contribution is -2.55. The highest BCUT2D eigenvalue weighted by molar-refractivity contribution is 6.30. The molecule has 0 fully saturated rings. The third kappa shape index (κ3) is 4.68. The van der Waals surface area contributed by atoms with Crippen molar-refractivity contribution in [2.45, 2.75) is 45.1 Å². The molecule has 0 spiro atoms. The molecule has 0 bridgehead atoms. The summed E-state index contributed by atoms with van der Waals surface area (Å²) in [6.07, 6.45) is 4.23. The monoisotopic (exact) mass is 489 g/mol. The third-order valence-electron chi connectivity index (χ3n) is 6.91. The van der Waals surface area contributed by atoms with Crippen LogP contribution < -0.4 is 14.4 Å². The summed E-state index contributed by atoms with van der Waals surface area (Å²) < 4.78 is 10.7. The molecular weight excluding hydrogens is 458 g/mol. The number of methoxy groups -OCH3 is 2. The Balaban J connectivity index is 1.75. The topological polar surface area (TPSA) is 38.8 Å². The quantitative estimate of drug-likeness (QED) is 0.356. The molecule has 35 heavy (non-hydrogen) atoms. The number of carbonyl (C=O) groups is 1. The van der Waals surface area contributed by atoms with Crippen molar-refractivity contribution >= 4 is 29.3 Å². The van der Waals surface area contributed by atoms with Crippen LogP contribution in [0, 0.1) is 6.92 Å². The third-order valence-corrected chi connectivity index (χ3v) is 7.16. The molecule has 1 aliphatic rings. The number of ether oxygens (including phenoxy) is 2. The van der Waals surface area contributed by atoms with Crippen molar-refractivity contribution in [2.24, 2.45) is 0 Å². The zero-order valence-corrected chi connectivity index (χ0v) is 21.9. The van der Waals surface area contributed by atoms with Gasteiger partial charge in [0.25, 0.3) is 5.91 Å². The van der Waals surface area contributed by atoms with Crippen LogP contribution in [0.15, 0.2) is 66.7 Å². The van der Waals surface area contributed by atoms with Crippen molar-refractivity contribution < 1.29 is 14.3 Å². The molecule has 182 valence electrons. The van der Waals surface area contributed by atoms with Crippen LogP contribution in [0.3, 0.4) is 0 Å². The Labute approximate surface area is 213 Å². The largest absolute Gasteiger partial charge is 0.493 e. The van der Waals surface area contributed by atoms with E-state index in [1.807, 2.05) is 41.3 Å². The second kappa shape index (κ2) is 9.43. The minimum Gasteiger partial charge on any atom is -0.493 e. The number of hydrogen-bond acceptors (Lipinski definition) is 3. The highest BCUT2D eigenvalue weighted by Gasteiger charge is 2.47. The maximum Gasteiger partial charge on any atom is 0.251 e. The van der Waals surface area contributed by atoms with E-state index in [0.29, 0.717) is 16.5 Å². The van der Waals surface area contributed by atoms with Gasteiger partial charge < -0.3 is 14.4 Å². The van der Waals surface area contributed by atoms with Crippen LogP contribution in [0.4, 0.5) is 5.69 Å². The summed E-state index contributed by atoms with van der Waals surface area (Å²) >= 11 is 6.19. The van der Waals surface area contributed by atoms with Crippen molar-refractivity contribution in [1.29, 1.82) is 0 Å². The predicted octanol–water partition coefficient (Wildman–Crippen LogP) is 7.20. The van der Waals surface area contributed by atoms with Crippen LogP contribution >= 0.6 is 11.6 Å².